The molecule has 152 valence electrons. The van der Waals surface area contributed by atoms with Crippen LogP contribution in [0.1, 0.15) is 24.7 Å². The predicted octanol–water partition coefficient (Wildman–Crippen LogP) is 1.96. The second-order valence-corrected chi connectivity index (χ2v) is 7.48. The van der Waals surface area contributed by atoms with E-state index in [1.165, 1.54) is 5.56 Å². The second kappa shape index (κ2) is 8.46. The number of nitrogens with zero attached hydrogens (tertiary/aromatic N) is 6. The van der Waals surface area contributed by atoms with Crippen molar-refractivity contribution in [2.75, 3.05) is 25.5 Å². The zero-order valence-corrected chi connectivity index (χ0v) is 17.3. The monoisotopic (exact) mass is 392 g/mol. The van der Waals surface area contributed by atoms with E-state index in [-0.39, 0.29) is 6.04 Å². The van der Waals surface area contributed by atoms with E-state index in [0.717, 1.165) is 54.4 Å². The molecular weight excluding hydrogens is 364 g/mol. The average molecular weight is 393 g/mol. The lowest BCUT2D eigenvalue weighted by Crippen LogP contribution is -2.47. The molecule has 0 saturated heterocycles. The van der Waals surface area contributed by atoms with Crippen molar-refractivity contribution >= 4 is 22.7 Å². The third kappa shape index (κ3) is 4.31. The third-order valence-electron chi connectivity index (χ3n) is 5.14. The normalized spacial score (nSPS) is 16.5. The Morgan fingerprint density at radius 3 is 3.00 bits per heavy atom. The summed E-state index contributed by atoms with van der Waals surface area (Å²) in [6.07, 6.45) is 3.58. The molecular formula is C21H28N8. The molecule has 1 aliphatic rings. The first kappa shape index (κ1) is 19.2. The Morgan fingerprint density at radius 2 is 2.17 bits per heavy atom. The molecule has 8 nitrogen and oxygen atoms in total. The Bertz CT molecular complexity index is 1010. The Balaban J connectivity index is 1.55. The summed E-state index contributed by atoms with van der Waals surface area (Å²) in [6, 6.07) is 10.6. The summed E-state index contributed by atoms with van der Waals surface area (Å²) in [7, 11) is 4.02. The fraction of sp³-hybridized carbons (Fsp3) is 0.429. The molecule has 1 aliphatic heterocycles. The number of aryl methyl sites for hydroxylation is 1. The lowest BCUT2D eigenvalue weighted by molar-refractivity contribution is 0.393. The first-order valence-corrected chi connectivity index (χ1v) is 10.1. The van der Waals surface area contributed by atoms with Crippen molar-refractivity contribution in [2.24, 2.45) is 4.99 Å². The Hall–Kier alpha value is -3.16. The molecule has 0 saturated carbocycles. The van der Waals surface area contributed by atoms with Crippen LogP contribution >= 0.6 is 0 Å². The highest BCUT2D eigenvalue weighted by Gasteiger charge is 2.20. The van der Waals surface area contributed by atoms with Gasteiger partial charge in [-0.1, -0.05) is 18.2 Å². The molecule has 1 atom stereocenters. The molecule has 3 aromatic rings. The number of para-hydroxylation sites is 1. The van der Waals surface area contributed by atoms with E-state index in [1.54, 1.807) is 6.33 Å². The molecule has 0 amide bonds. The Labute approximate surface area is 171 Å². The Kier molecular flexibility index (Phi) is 5.59. The first-order chi connectivity index (χ1) is 14.1. The van der Waals surface area contributed by atoms with Crippen LogP contribution in [0.4, 0.5) is 5.82 Å². The van der Waals surface area contributed by atoms with Gasteiger partial charge in [-0.05, 0) is 31.0 Å². The van der Waals surface area contributed by atoms with E-state index in [1.807, 2.05) is 35.8 Å². The number of rotatable bonds is 5. The zero-order valence-electron chi connectivity index (χ0n) is 17.3. The number of hydrogen-bond donors (Lipinski definition) is 2. The highest BCUT2D eigenvalue weighted by molar-refractivity contribution is 5.85. The number of nitrogens with one attached hydrogen (secondary N) is 2. The molecule has 0 bridgehead atoms. The fourth-order valence-corrected chi connectivity index (χ4v) is 3.62. The summed E-state index contributed by atoms with van der Waals surface area (Å²) < 4.78 is 1.98. The van der Waals surface area contributed by atoms with Gasteiger partial charge in [-0.3, -0.25) is 0 Å². The molecule has 0 radical (unpaired) electrons. The minimum absolute atomic E-state index is 0.286. The second-order valence-electron chi connectivity index (χ2n) is 7.48. The van der Waals surface area contributed by atoms with Crippen LogP contribution in [0.2, 0.25) is 0 Å². The smallest absolute Gasteiger partial charge is 0.191 e. The van der Waals surface area contributed by atoms with Gasteiger partial charge in [0.25, 0.3) is 0 Å². The van der Waals surface area contributed by atoms with Crippen LogP contribution < -0.4 is 15.5 Å². The van der Waals surface area contributed by atoms with E-state index in [9.17, 15) is 0 Å². The van der Waals surface area contributed by atoms with Gasteiger partial charge in [0.1, 0.15) is 18.0 Å². The van der Waals surface area contributed by atoms with Gasteiger partial charge >= 0.3 is 0 Å². The van der Waals surface area contributed by atoms with Gasteiger partial charge in [0.15, 0.2) is 5.96 Å². The summed E-state index contributed by atoms with van der Waals surface area (Å²) in [5.41, 5.74) is 2.16. The molecule has 3 heterocycles. The lowest BCUT2D eigenvalue weighted by atomic mass is 10.1. The van der Waals surface area contributed by atoms with Crippen LogP contribution in [-0.2, 0) is 19.5 Å². The number of aliphatic imine (C=N–C) groups is 1. The van der Waals surface area contributed by atoms with Gasteiger partial charge in [-0.2, -0.15) is 5.10 Å². The maximum absolute atomic E-state index is 4.87. The number of hydrogen-bond acceptors (Lipinski definition) is 5. The minimum Gasteiger partial charge on any atom is -0.363 e. The van der Waals surface area contributed by atoms with E-state index in [0.29, 0.717) is 6.54 Å². The van der Waals surface area contributed by atoms with Gasteiger partial charge in [0.2, 0.25) is 0 Å². The molecule has 0 fully saturated rings. The molecule has 29 heavy (non-hydrogen) atoms. The number of pyridine rings is 1. The van der Waals surface area contributed by atoms with E-state index in [4.69, 9.17) is 9.98 Å². The molecule has 0 spiro atoms. The van der Waals surface area contributed by atoms with Crippen molar-refractivity contribution < 1.29 is 0 Å². The maximum Gasteiger partial charge on any atom is 0.191 e. The molecule has 0 aliphatic carbocycles. The highest BCUT2D eigenvalue weighted by atomic mass is 15.4. The van der Waals surface area contributed by atoms with Gasteiger partial charge in [0, 0.05) is 38.5 Å². The SMILES string of the molecule is CCNC(=NCc1cc(N(C)C)nc2ccccc12)NC1CCc2ncnn2C1. The topological polar surface area (TPSA) is 83.3 Å². The van der Waals surface area contributed by atoms with Crippen LogP contribution in [0.5, 0.6) is 0 Å². The molecule has 4 rings (SSSR count). The van der Waals surface area contributed by atoms with Gasteiger partial charge in [-0.25, -0.2) is 19.6 Å². The van der Waals surface area contributed by atoms with Crippen LogP contribution in [0.3, 0.4) is 0 Å². The van der Waals surface area contributed by atoms with Crippen molar-refractivity contribution in [3.63, 3.8) is 0 Å². The van der Waals surface area contributed by atoms with Crippen molar-refractivity contribution in [3.8, 4) is 0 Å². The lowest BCUT2D eigenvalue weighted by Gasteiger charge is -2.25. The van der Waals surface area contributed by atoms with Gasteiger partial charge in [-0.15, -0.1) is 0 Å². The predicted molar refractivity (Wildman–Crippen MR) is 116 cm³/mol. The molecule has 1 aromatic carbocycles. The molecule has 8 heteroatoms. The average Bonchev–Trinajstić information content (AvgIpc) is 3.19. The van der Waals surface area contributed by atoms with E-state index >= 15 is 0 Å². The van der Waals surface area contributed by atoms with E-state index in [2.05, 4.69) is 45.8 Å². The highest BCUT2D eigenvalue weighted by Crippen LogP contribution is 2.22. The summed E-state index contributed by atoms with van der Waals surface area (Å²) in [5, 5.41) is 12.4. The summed E-state index contributed by atoms with van der Waals surface area (Å²) >= 11 is 0. The number of aromatic nitrogens is 4. The standard InChI is InChI=1S/C21H28N8/c1-4-22-21(26-16-9-10-19-24-14-25-29(19)13-16)23-12-15-11-20(28(2)3)27-18-8-6-5-7-17(15)18/h5-8,11,14,16H,4,9-10,12-13H2,1-3H3,(H2,22,23,26). The number of guanidine groups is 1. The quantitative estimate of drug-likeness (QED) is 0.510. The summed E-state index contributed by atoms with van der Waals surface area (Å²) in [6.45, 7) is 4.29. The van der Waals surface area contributed by atoms with Crippen LogP contribution in [0, 0.1) is 0 Å². The number of fused-ring (bicyclic) bond motifs is 2. The van der Waals surface area contributed by atoms with Crippen molar-refractivity contribution in [3.05, 3.63) is 48.0 Å². The van der Waals surface area contributed by atoms with Crippen LogP contribution in [-0.4, -0.2) is 52.4 Å². The number of anilines is 1. The van der Waals surface area contributed by atoms with Crippen molar-refractivity contribution in [1.29, 1.82) is 0 Å². The molecule has 2 N–H and O–H groups in total. The molecule has 1 unspecified atom stereocenters. The zero-order chi connectivity index (χ0) is 20.2. The minimum atomic E-state index is 0.286. The van der Waals surface area contributed by atoms with Crippen LogP contribution in [0.15, 0.2) is 41.7 Å². The Morgan fingerprint density at radius 1 is 1.31 bits per heavy atom. The first-order valence-electron chi connectivity index (χ1n) is 10.1. The van der Waals surface area contributed by atoms with Gasteiger partial charge in [0.05, 0.1) is 18.6 Å². The summed E-state index contributed by atoms with van der Waals surface area (Å²) in [4.78, 5) is 15.9. The number of benzene rings is 1. The maximum atomic E-state index is 4.87. The third-order valence-corrected chi connectivity index (χ3v) is 5.14. The van der Waals surface area contributed by atoms with Crippen molar-refractivity contribution in [2.45, 2.75) is 38.9 Å². The fourth-order valence-electron chi connectivity index (χ4n) is 3.62. The largest absolute Gasteiger partial charge is 0.363 e. The summed E-state index contributed by atoms with van der Waals surface area (Å²) in [5.74, 6) is 2.83. The van der Waals surface area contributed by atoms with Gasteiger partial charge < -0.3 is 15.5 Å². The van der Waals surface area contributed by atoms with Crippen molar-refractivity contribution in [1.82, 2.24) is 30.4 Å². The van der Waals surface area contributed by atoms with Crippen LogP contribution in [0.25, 0.3) is 10.9 Å². The molecule has 2 aromatic heterocycles. The van der Waals surface area contributed by atoms with E-state index < -0.39 is 0 Å².